The Labute approximate surface area is 112 Å². The van der Waals surface area contributed by atoms with Gasteiger partial charge in [0.15, 0.2) is 0 Å². The second kappa shape index (κ2) is 5.53. The number of nitrogens with one attached hydrogen (secondary N) is 1. The van der Waals surface area contributed by atoms with Gasteiger partial charge in [-0.3, -0.25) is 0 Å². The molecule has 19 heavy (non-hydrogen) atoms. The van der Waals surface area contributed by atoms with Gasteiger partial charge in [0.2, 0.25) is 0 Å². The highest BCUT2D eigenvalue weighted by Gasteiger charge is 2.05. The molecule has 0 aliphatic heterocycles. The first-order valence-corrected chi connectivity index (χ1v) is 6.10. The maximum Gasteiger partial charge on any atom is 0.123 e. The van der Waals surface area contributed by atoms with Crippen LogP contribution in [0, 0.1) is 31.0 Å². The van der Waals surface area contributed by atoms with Crippen molar-refractivity contribution < 1.29 is 4.39 Å². The number of rotatable bonds is 3. The number of hydrogen-bond donors (Lipinski definition) is 1. The summed E-state index contributed by atoms with van der Waals surface area (Å²) in [5.41, 5.74) is 4.34. The Bertz CT molecular complexity index is 642. The summed E-state index contributed by atoms with van der Waals surface area (Å²) in [6, 6.07) is 12.6. The minimum Gasteiger partial charge on any atom is -0.380 e. The molecule has 0 unspecified atom stereocenters. The molecule has 2 aromatic rings. The molecule has 0 aliphatic carbocycles. The second-order valence-corrected chi connectivity index (χ2v) is 4.53. The van der Waals surface area contributed by atoms with Crippen molar-refractivity contribution in [1.82, 2.24) is 0 Å². The highest BCUT2D eigenvalue weighted by molar-refractivity contribution is 5.60. The quantitative estimate of drug-likeness (QED) is 0.900. The first-order chi connectivity index (χ1) is 9.11. The summed E-state index contributed by atoms with van der Waals surface area (Å²) in [6.07, 6.45) is 0. The van der Waals surface area contributed by atoms with Crippen molar-refractivity contribution in [3.8, 4) is 6.07 Å². The Hall–Kier alpha value is -2.34. The third-order valence-corrected chi connectivity index (χ3v) is 3.16. The molecular weight excluding hydrogens is 239 g/mol. The van der Waals surface area contributed by atoms with Gasteiger partial charge < -0.3 is 5.32 Å². The molecule has 0 aromatic heterocycles. The summed E-state index contributed by atoms with van der Waals surface area (Å²) in [5, 5.41) is 12.4. The van der Waals surface area contributed by atoms with Gasteiger partial charge in [-0.25, -0.2) is 4.39 Å². The minimum absolute atomic E-state index is 0.227. The fourth-order valence-corrected chi connectivity index (χ4v) is 2.01. The van der Waals surface area contributed by atoms with Crippen LogP contribution in [-0.2, 0) is 6.54 Å². The standard InChI is InChI=1S/C16H15FN2/c1-11-4-3-5-16(15(11)9-18)19-10-13-6-7-14(17)8-12(13)2/h3-8,19H,10H2,1-2H3. The lowest BCUT2D eigenvalue weighted by atomic mass is 10.1. The molecule has 2 rings (SSSR count). The lowest BCUT2D eigenvalue weighted by molar-refractivity contribution is 0.625. The molecule has 0 heterocycles. The van der Waals surface area contributed by atoms with Crippen LogP contribution in [0.5, 0.6) is 0 Å². The average Bonchev–Trinajstić information content (AvgIpc) is 2.38. The fourth-order valence-electron chi connectivity index (χ4n) is 2.01. The number of anilines is 1. The van der Waals surface area contributed by atoms with E-state index in [0.29, 0.717) is 12.1 Å². The first-order valence-electron chi connectivity index (χ1n) is 6.10. The monoisotopic (exact) mass is 254 g/mol. The number of aryl methyl sites for hydroxylation is 2. The van der Waals surface area contributed by atoms with Gasteiger partial charge in [0.05, 0.1) is 11.3 Å². The van der Waals surface area contributed by atoms with Gasteiger partial charge in [0, 0.05) is 6.54 Å². The van der Waals surface area contributed by atoms with Crippen molar-refractivity contribution in [2.24, 2.45) is 0 Å². The molecule has 1 N–H and O–H groups in total. The molecule has 0 saturated carbocycles. The molecule has 2 aromatic carbocycles. The molecular formula is C16H15FN2. The van der Waals surface area contributed by atoms with Crippen molar-refractivity contribution in [1.29, 1.82) is 5.26 Å². The predicted octanol–water partition coefficient (Wildman–Crippen LogP) is 3.93. The third kappa shape index (κ3) is 2.92. The van der Waals surface area contributed by atoms with E-state index < -0.39 is 0 Å². The molecule has 0 radical (unpaired) electrons. The SMILES string of the molecule is Cc1cc(F)ccc1CNc1cccc(C)c1C#N. The maximum absolute atomic E-state index is 13.0. The molecule has 0 spiro atoms. The van der Waals surface area contributed by atoms with Gasteiger partial charge in [-0.2, -0.15) is 5.26 Å². The first kappa shape index (κ1) is 13.1. The third-order valence-electron chi connectivity index (χ3n) is 3.16. The van der Waals surface area contributed by atoms with Gasteiger partial charge in [-0.15, -0.1) is 0 Å². The average molecular weight is 254 g/mol. The van der Waals surface area contributed by atoms with Crippen molar-refractivity contribution in [2.75, 3.05) is 5.32 Å². The maximum atomic E-state index is 13.0. The molecule has 0 atom stereocenters. The Balaban J connectivity index is 2.20. The van der Waals surface area contributed by atoms with E-state index in [4.69, 9.17) is 5.26 Å². The highest BCUT2D eigenvalue weighted by atomic mass is 19.1. The summed E-state index contributed by atoms with van der Waals surface area (Å²) in [4.78, 5) is 0. The molecule has 0 fully saturated rings. The lowest BCUT2D eigenvalue weighted by Gasteiger charge is -2.11. The van der Waals surface area contributed by atoms with E-state index in [2.05, 4.69) is 11.4 Å². The van der Waals surface area contributed by atoms with E-state index in [1.807, 2.05) is 32.0 Å². The zero-order valence-electron chi connectivity index (χ0n) is 11.0. The molecule has 3 heteroatoms. The van der Waals surface area contributed by atoms with E-state index >= 15 is 0 Å². The smallest absolute Gasteiger partial charge is 0.123 e. The van der Waals surface area contributed by atoms with Gasteiger partial charge in [0.25, 0.3) is 0 Å². The zero-order valence-corrected chi connectivity index (χ0v) is 11.0. The number of benzene rings is 2. The van der Waals surface area contributed by atoms with Gasteiger partial charge in [0.1, 0.15) is 11.9 Å². The summed E-state index contributed by atoms with van der Waals surface area (Å²) >= 11 is 0. The van der Waals surface area contributed by atoms with Crippen molar-refractivity contribution in [3.63, 3.8) is 0 Å². The van der Waals surface area contributed by atoms with Crippen molar-refractivity contribution in [2.45, 2.75) is 20.4 Å². The predicted molar refractivity (Wildman–Crippen MR) is 74.4 cm³/mol. The van der Waals surface area contributed by atoms with Gasteiger partial charge in [-0.05, 0) is 48.7 Å². The van der Waals surface area contributed by atoms with E-state index in [0.717, 1.165) is 22.4 Å². The largest absolute Gasteiger partial charge is 0.380 e. The van der Waals surface area contributed by atoms with Gasteiger partial charge >= 0.3 is 0 Å². The van der Waals surface area contributed by atoms with E-state index in [1.54, 1.807) is 6.07 Å². The topological polar surface area (TPSA) is 35.8 Å². The minimum atomic E-state index is -0.227. The van der Waals surface area contributed by atoms with Crippen LogP contribution in [0.2, 0.25) is 0 Å². The summed E-state index contributed by atoms with van der Waals surface area (Å²) in [5.74, 6) is -0.227. The second-order valence-electron chi connectivity index (χ2n) is 4.53. The zero-order chi connectivity index (χ0) is 13.8. The van der Waals surface area contributed by atoms with Crippen LogP contribution >= 0.6 is 0 Å². The number of halogens is 1. The number of hydrogen-bond acceptors (Lipinski definition) is 2. The van der Waals surface area contributed by atoms with E-state index in [-0.39, 0.29) is 5.82 Å². The Morgan fingerprint density at radius 3 is 2.63 bits per heavy atom. The molecule has 0 bridgehead atoms. The van der Waals surface area contributed by atoms with Crippen LogP contribution in [0.15, 0.2) is 36.4 Å². The molecule has 2 nitrogen and oxygen atoms in total. The number of nitrogens with zero attached hydrogens (tertiary/aromatic N) is 1. The van der Waals surface area contributed by atoms with Gasteiger partial charge in [-0.1, -0.05) is 18.2 Å². The van der Waals surface area contributed by atoms with Crippen molar-refractivity contribution in [3.05, 3.63) is 64.5 Å². The van der Waals surface area contributed by atoms with E-state index in [1.165, 1.54) is 12.1 Å². The van der Waals surface area contributed by atoms with Crippen molar-refractivity contribution >= 4 is 5.69 Å². The Kier molecular flexibility index (Phi) is 3.82. The summed E-state index contributed by atoms with van der Waals surface area (Å²) in [7, 11) is 0. The fraction of sp³-hybridized carbons (Fsp3) is 0.188. The van der Waals surface area contributed by atoms with E-state index in [9.17, 15) is 4.39 Å². The molecule has 0 saturated heterocycles. The number of nitriles is 1. The normalized spacial score (nSPS) is 10.0. The highest BCUT2D eigenvalue weighted by Crippen LogP contribution is 2.20. The molecule has 0 amide bonds. The van der Waals surface area contributed by atoms with Crippen LogP contribution in [0.1, 0.15) is 22.3 Å². The lowest BCUT2D eigenvalue weighted by Crippen LogP contribution is -2.04. The van der Waals surface area contributed by atoms with Crippen LogP contribution in [0.4, 0.5) is 10.1 Å². The molecule has 96 valence electrons. The summed E-state index contributed by atoms with van der Waals surface area (Å²) < 4.78 is 13.0. The Morgan fingerprint density at radius 1 is 1.16 bits per heavy atom. The Morgan fingerprint density at radius 2 is 1.95 bits per heavy atom. The van der Waals surface area contributed by atoms with Crippen LogP contribution in [-0.4, -0.2) is 0 Å². The van der Waals surface area contributed by atoms with Crippen LogP contribution in [0.3, 0.4) is 0 Å². The van der Waals surface area contributed by atoms with Crippen LogP contribution < -0.4 is 5.32 Å². The molecule has 0 aliphatic rings. The van der Waals surface area contributed by atoms with Crippen LogP contribution in [0.25, 0.3) is 0 Å². The summed E-state index contributed by atoms with van der Waals surface area (Å²) in [6.45, 7) is 4.36.